The van der Waals surface area contributed by atoms with Gasteiger partial charge in [-0.25, -0.2) is 0 Å². The van der Waals surface area contributed by atoms with Crippen molar-refractivity contribution in [1.29, 1.82) is 0 Å². The van der Waals surface area contributed by atoms with Gasteiger partial charge in [-0.05, 0) is 18.4 Å². The predicted octanol–water partition coefficient (Wildman–Crippen LogP) is 1.76. The van der Waals surface area contributed by atoms with Crippen LogP contribution in [0, 0.1) is 0 Å². The summed E-state index contributed by atoms with van der Waals surface area (Å²) in [5.74, 6) is 0.0491. The molecule has 70 valence electrons. The van der Waals surface area contributed by atoms with E-state index in [4.69, 9.17) is 0 Å². The molecule has 13 heavy (non-hydrogen) atoms. The monoisotopic (exact) mass is 177 g/mol. The maximum atomic E-state index is 10.5. The van der Waals surface area contributed by atoms with Crippen LogP contribution in [0.1, 0.15) is 18.9 Å². The van der Waals surface area contributed by atoms with Crippen LogP contribution in [0.5, 0.6) is 0 Å². The molecule has 0 aliphatic heterocycles. The lowest BCUT2D eigenvalue weighted by atomic mass is 10.1. The van der Waals surface area contributed by atoms with Gasteiger partial charge in [-0.2, -0.15) is 0 Å². The summed E-state index contributed by atoms with van der Waals surface area (Å²) in [6.07, 6.45) is 2.03. The highest BCUT2D eigenvalue weighted by Crippen LogP contribution is 2.01. The van der Waals surface area contributed by atoms with Gasteiger partial charge in [0.05, 0.1) is 0 Å². The molecule has 2 heteroatoms. The highest BCUT2D eigenvalue weighted by molar-refractivity contribution is 5.72. The molecular weight excluding hydrogens is 162 g/mol. The minimum atomic E-state index is 0.0491. The van der Waals surface area contributed by atoms with Crippen LogP contribution in [0.2, 0.25) is 0 Å². The van der Waals surface area contributed by atoms with Gasteiger partial charge >= 0.3 is 0 Å². The first-order chi connectivity index (χ1) is 6.29. The van der Waals surface area contributed by atoms with Gasteiger partial charge < -0.3 is 5.32 Å². The van der Waals surface area contributed by atoms with Gasteiger partial charge in [-0.15, -0.1) is 0 Å². The van der Waals surface area contributed by atoms with Crippen molar-refractivity contribution >= 4 is 5.91 Å². The average Bonchev–Trinajstić information content (AvgIpc) is 2.14. The molecule has 0 atom stereocenters. The molecule has 0 fully saturated rings. The molecule has 0 bridgehead atoms. The van der Waals surface area contributed by atoms with Gasteiger partial charge in [0.1, 0.15) is 0 Å². The third-order valence-corrected chi connectivity index (χ3v) is 1.86. The maximum absolute atomic E-state index is 10.5. The Labute approximate surface area is 79.0 Å². The van der Waals surface area contributed by atoms with Gasteiger partial charge in [0.25, 0.3) is 0 Å². The predicted molar refractivity (Wildman–Crippen MR) is 53.4 cm³/mol. The molecule has 1 amide bonds. The molecule has 1 rings (SSSR count). The van der Waals surface area contributed by atoms with E-state index in [0.717, 1.165) is 19.4 Å². The number of hydrogen-bond acceptors (Lipinski definition) is 1. The van der Waals surface area contributed by atoms with Gasteiger partial charge in [0.2, 0.25) is 5.91 Å². The number of rotatable bonds is 4. The molecule has 2 nitrogen and oxygen atoms in total. The first kappa shape index (κ1) is 9.78. The van der Waals surface area contributed by atoms with E-state index in [2.05, 4.69) is 17.4 Å². The SMILES string of the molecule is CC(=O)NCCCc1ccccc1. The minimum absolute atomic E-state index is 0.0491. The number of amides is 1. The zero-order chi connectivity index (χ0) is 9.52. The van der Waals surface area contributed by atoms with E-state index in [9.17, 15) is 4.79 Å². The lowest BCUT2D eigenvalue weighted by Crippen LogP contribution is -2.21. The smallest absolute Gasteiger partial charge is 0.216 e. The summed E-state index contributed by atoms with van der Waals surface area (Å²) in [6.45, 7) is 2.31. The quantitative estimate of drug-likeness (QED) is 0.697. The van der Waals surface area contributed by atoms with E-state index in [1.54, 1.807) is 6.92 Å². The van der Waals surface area contributed by atoms with Crippen LogP contribution in [0.3, 0.4) is 0 Å². The normalized spacial score (nSPS) is 9.62. The Hall–Kier alpha value is -1.31. The summed E-state index contributed by atoms with van der Waals surface area (Å²) in [6, 6.07) is 10.3. The lowest BCUT2D eigenvalue weighted by molar-refractivity contribution is -0.118. The van der Waals surface area contributed by atoms with E-state index in [1.807, 2.05) is 18.2 Å². The molecule has 0 aliphatic rings. The molecule has 0 saturated heterocycles. The Kier molecular flexibility index (Phi) is 4.03. The topological polar surface area (TPSA) is 29.1 Å². The van der Waals surface area contributed by atoms with Crippen molar-refractivity contribution in [2.45, 2.75) is 19.8 Å². The highest BCUT2D eigenvalue weighted by Gasteiger charge is 1.92. The molecule has 1 N–H and O–H groups in total. The Morgan fingerprint density at radius 1 is 1.31 bits per heavy atom. The van der Waals surface area contributed by atoms with Crippen LogP contribution in [-0.2, 0) is 11.2 Å². The van der Waals surface area contributed by atoms with E-state index in [0.29, 0.717) is 0 Å². The van der Waals surface area contributed by atoms with Gasteiger partial charge in [-0.1, -0.05) is 30.3 Å². The Balaban J connectivity index is 2.17. The summed E-state index contributed by atoms with van der Waals surface area (Å²) in [5, 5.41) is 2.78. The fourth-order valence-electron chi connectivity index (χ4n) is 1.20. The molecule has 0 unspecified atom stereocenters. The van der Waals surface area contributed by atoms with Gasteiger partial charge in [0, 0.05) is 13.5 Å². The van der Waals surface area contributed by atoms with Gasteiger partial charge in [0.15, 0.2) is 0 Å². The second-order valence-corrected chi connectivity index (χ2v) is 3.07. The first-order valence-corrected chi connectivity index (χ1v) is 4.57. The summed E-state index contributed by atoms with van der Waals surface area (Å²) in [7, 11) is 0. The average molecular weight is 177 g/mol. The van der Waals surface area contributed by atoms with Crippen molar-refractivity contribution in [1.82, 2.24) is 5.32 Å². The zero-order valence-electron chi connectivity index (χ0n) is 7.92. The van der Waals surface area contributed by atoms with E-state index >= 15 is 0 Å². The molecule has 0 saturated carbocycles. The first-order valence-electron chi connectivity index (χ1n) is 4.57. The fraction of sp³-hybridized carbons (Fsp3) is 0.364. The second kappa shape index (κ2) is 5.36. The standard InChI is InChI=1S/C11H15NO/c1-10(13)12-9-5-8-11-6-3-2-4-7-11/h2-4,6-7H,5,8-9H2,1H3,(H,12,13). The third kappa shape index (κ3) is 4.31. The van der Waals surface area contributed by atoms with E-state index < -0.39 is 0 Å². The summed E-state index contributed by atoms with van der Waals surface area (Å²) >= 11 is 0. The van der Waals surface area contributed by atoms with Crippen molar-refractivity contribution in [3.8, 4) is 0 Å². The van der Waals surface area contributed by atoms with Gasteiger partial charge in [-0.3, -0.25) is 4.79 Å². The summed E-state index contributed by atoms with van der Waals surface area (Å²) in [4.78, 5) is 10.5. The van der Waals surface area contributed by atoms with Crippen LogP contribution >= 0.6 is 0 Å². The number of aryl methyl sites for hydroxylation is 1. The second-order valence-electron chi connectivity index (χ2n) is 3.07. The van der Waals surface area contributed by atoms with E-state index in [1.165, 1.54) is 5.56 Å². The van der Waals surface area contributed by atoms with Crippen LogP contribution < -0.4 is 5.32 Å². The van der Waals surface area contributed by atoms with Crippen molar-refractivity contribution in [3.63, 3.8) is 0 Å². The maximum Gasteiger partial charge on any atom is 0.216 e. The van der Waals surface area contributed by atoms with Crippen molar-refractivity contribution in [2.24, 2.45) is 0 Å². The molecule has 0 heterocycles. The summed E-state index contributed by atoms with van der Waals surface area (Å²) in [5.41, 5.74) is 1.33. The Morgan fingerprint density at radius 2 is 2.00 bits per heavy atom. The number of carbonyl (C=O) groups is 1. The molecule has 0 spiro atoms. The number of carbonyl (C=O) groups excluding carboxylic acids is 1. The molecule has 0 aromatic heterocycles. The summed E-state index contributed by atoms with van der Waals surface area (Å²) < 4.78 is 0. The molecule has 1 aromatic rings. The van der Waals surface area contributed by atoms with Crippen LogP contribution in [0.15, 0.2) is 30.3 Å². The Bertz CT molecular complexity index is 256. The molecule has 0 aliphatic carbocycles. The number of hydrogen-bond donors (Lipinski definition) is 1. The number of nitrogens with one attached hydrogen (secondary N) is 1. The lowest BCUT2D eigenvalue weighted by Gasteiger charge is -2.01. The van der Waals surface area contributed by atoms with Crippen LogP contribution in [0.25, 0.3) is 0 Å². The van der Waals surface area contributed by atoms with Crippen molar-refractivity contribution in [2.75, 3.05) is 6.54 Å². The third-order valence-electron chi connectivity index (χ3n) is 1.86. The van der Waals surface area contributed by atoms with Crippen molar-refractivity contribution < 1.29 is 4.79 Å². The van der Waals surface area contributed by atoms with E-state index in [-0.39, 0.29) is 5.91 Å². The zero-order valence-corrected chi connectivity index (χ0v) is 7.92. The number of benzene rings is 1. The molecule has 0 radical (unpaired) electrons. The Morgan fingerprint density at radius 3 is 2.62 bits per heavy atom. The van der Waals surface area contributed by atoms with Crippen LogP contribution in [-0.4, -0.2) is 12.5 Å². The minimum Gasteiger partial charge on any atom is -0.356 e. The van der Waals surface area contributed by atoms with Crippen LogP contribution in [0.4, 0.5) is 0 Å². The molecule has 1 aromatic carbocycles. The van der Waals surface area contributed by atoms with Crippen molar-refractivity contribution in [3.05, 3.63) is 35.9 Å². The fourth-order valence-corrected chi connectivity index (χ4v) is 1.20. The molecular formula is C11H15NO. The highest BCUT2D eigenvalue weighted by atomic mass is 16.1. The largest absolute Gasteiger partial charge is 0.356 e.